The van der Waals surface area contributed by atoms with Crippen LogP contribution in [0.5, 0.6) is 0 Å². The van der Waals surface area contributed by atoms with Gasteiger partial charge in [-0.25, -0.2) is 12.8 Å². The Morgan fingerprint density at radius 2 is 1.64 bits per heavy atom. The number of hydrogen-bond donors (Lipinski definition) is 1. The smallest absolute Gasteiger partial charge is 0.262 e. The predicted octanol–water partition coefficient (Wildman–Crippen LogP) is 4.17. The van der Waals surface area contributed by atoms with E-state index in [2.05, 4.69) is 4.72 Å². The number of hydrogen-bond acceptors (Lipinski definition) is 3. The van der Waals surface area contributed by atoms with Crippen LogP contribution in [0.2, 0.25) is 0 Å². The highest BCUT2D eigenvalue weighted by Crippen LogP contribution is 2.26. The quantitative estimate of drug-likeness (QED) is 0.766. The van der Waals surface area contributed by atoms with Crippen LogP contribution in [0.4, 0.5) is 10.1 Å². The fourth-order valence-corrected chi connectivity index (χ4v) is 3.45. The summed E-state index contributed by atoms with van der Waals surface area (Å²) in [5.41, 5.74) is 1.59. The molecule has 0 radical (unpaired) electrons. The van der Waals surface area contributed by atoms with E-state index < -0.39 is 15.8 Å². The number of rotatable bonds is 4. The largest absolute Gasteiger partial charge is 0.277 e. The summed E-state index contributed by atoms with van der Waals surface area (Å²) in [6, 6.07) is 20.9. The van der Waals surface area contributed by atoms with Crippen molar-refractivity contribution >= 4 is 15.7 Å². The topological polar surface area (TPSA) is 70.0 Å². The summed E-state index contributed by atoms with van der Waals surface area (Å²) < 4.78 is 41.3. The second kappa shape index (κ2) is 6.75. The molecule has 0 aromatic heterocycles. The Labute approximate surface area is 145 Å². The normalized spacial score (nSPS) is 10.9. The van der Waals surface area contributed by atoms with Gasteiger partial charge in [-0.3, -0.25) is 4.72 Å². The van der Waals surface area contributed by atoms with Crippen molar-refractivity contribution in [3.05, 3.63) is 84.2 Å². The molecule has 0 aliphatic heterocycles. The van der Waals surface area contributed by atoms with Gasteiger partial charge in [-0.2, -0.15) is 5.26 Å². The molecule has 0 heterocycles. The van der Waals surface area contributed by atoms with Gasteiger partial charge in [0.05, 0.1) is 22.2 Å². The van der Waals surface area contributed by atoms with Crippen molar-refractivity contribution in [3.63, 3.8) is 0 Å². The van der Waals surface area contributed by atoms with Crippen LogP contribution in [0.25, 0.3) is 11.1 Å². The first-order valence-corrected chi connectivity index (χ1v) is 8.86. The lowest BCUT2D eigenvalue weighted by atomic mass is 10.1. The van der Waals surface area contributed by atoms with E-state index in [9.17, 15) is 12.8 Å². The van der Waals surface area contributed by atoms with Gasteiger partial charge in [-0.05, 0) is 41.5 Å². The first-order chi connectivity index (χ1) is 12.0. The molecule has 6 heteroatoms. The fourth-order valence-electron chi connectivity index (χ4n) is 2.35. The number of anilines is 1. The van der Waals surface area contributed by atoms with Crippen LogP contribution in [0.1, 0.15) is 5.56 Å². The summed E-state index contributed by atoms with van der Waals surface area (Å²) in [7, 11) is -4.01. The van der Waals surface area contributed by atoms with E-state index in [1.165, 1.54) is 36.4 Å². The molecule has 3 aromatic carbocycles. The maximum atomic E-state index is 14.1. The number of nitriles is 1. The lowest BCUT2D eigenvalue weighted by molar-refractivity contribution is 0.598. The SMILES string of the molecule is N#Cc1cccc(S(=O)(=O)Nc2cc(-c3ccccc3)ccc2F)c1. The van der Waals surface area contributed by atoms with Gasteiger partial charge >= 0.3 is 0 Å². The second-order valence-corrected chi connectivity index (χ2v) is 6.99. The molecule has 0 spiro atoms. The van der Waals surface area contributed by atoms with Gasteiger partial charge in [-0.1, -0.05) is 42.5 Å². The first kappa shape index (κ1) is 16.7. The lowest BCUT2D eigenvalue weighted by Crippen LogP contribution is -2.14. The van der Waals surface area contributed by atoms with E-state index in [0.29, 0.717) is 5.56 Å². The van der Waals surface area contributed by atoms with Crippen LogP contribution in [0.15, 0.2) is 77.7 Å². The molecule has 4 nitrogen and oxygen atoms in total. The number of benzene rings is 3. The summed E-state index contributed by atoms with van der Waals surface area (Å²) in [6.45, 7) is 0. The highest BCUT2D eigenvalue weighted by Gasteiger charge is 2.17. The number of sulfonamides is 1. The van der Waals surface area contributed by atoms with Crippen molar-refractivity contribution < 1.29 is 12.8 Å². The molecular weight excluding hydrogens is 339 g/mol. The minimum atomic E-state index is -4.01. The third-order valence-electron chi connectivity index (χ3n) is 3.59. The van der Waals surface area contributed by atoms with E-state index in [-0.39, 0.29) is 16.1 Å². The Kier molecular flexibility index (Phi) is 4.50. The van der Waals surface area contributed by atoms with E-state index in [1.54, 1.807) is 6.07 Å². The van der Waals surface area contributed by atoms with E-state index >= 15 is 0 Å². The minimum Gasteiger partial charge on any atom is -0.277 e. The van der Waals surface area contributed by atoms with Crippen LogP contribution >= 0.6 is 0 Å². The van der Waals surface area contributed by atoms with E-state index in [0.717, 1.165) is 5.56 Å². The van der Waals surface area contributed by atoms with Crippen LogP contribution in [0.3, 0.4) is 0 Å². The number of nitrogens with zero attached hydrogens (tertiary/aromatic N) is 1. The van der Waals surface area contributed by atoms with Crippen molar-refractivity contribution in [1.82, 2.24) is 0 Å². The molecule has 0 amide bonds. The monoisotopic (exact) mass is 352 g/mol. The number of halogens is 1. The average molecular weight is 352 g/mol. The Morgan fingerprint density at radius 1 is 0.880 bits per heavy atom. The molecule has 0 saturated carbocycles. The van der Waals surface area contributed by atoms with Crippen LogP contribution in [0, 0.1) is 17.1 Å². The number of nitrogens with one attached hydrogen (secondary N) is 1. The zero-order chi connectivity index (χ0) is 17.9. The zero-order valence-corrected chi connectivity index (χ0v) is 13.8. The summed E-state index contributed by atoms with van der Waals surface area (Å²) >= 11 is 0. The third kappa shape index (κ3) is 3.67. The molecule has 0 saturated heterocycles. The van der Waals surface area contributed by atoms with Crippen molar-refractivity contribution in [3.8, 4) is 17.2 Å². The maximum absolute atomic E-state index is 14.1. The van der Waals surface area contributed by atoms with Crippen LogP contribution < -0.4 is 4.72 Å². The molecule has 3 rings (SSSR count). The van der Waals surface area contributed by atoms with Gasteiger partial charge in [-0.15, -0.1) is 0 Å². The zero-order valence-electron chi connectivity index (χ0n) is 13.0. The molecular formula is C19H13FN2O2S. The summed E-state index contributed by atoms with van der Waals surface area (Å²) in [6.07, 6.45) is 0. The van der Waals surface area contributed by atoms with Crippen molar-refractivity contribution in [2.45, 2.75) is 4.90 Å². The summed E-state index contributed by atoms with van der Waals surface area (Å²) in [5, 5.41) is 8.90. The molecule has 0 fully saturated rings. The van der Waals surface area contributed by atoms with E-state index in [1.807, 2.05) is 36.4 Å². The third-order valence-corrected chi connectivity index (χ3v) is 4.95. The molecule has 0 bridgehead atoms. The highest BCUT2D eigenvalue weighted by molar-refractivity contribution is 7.92. The van der Waals surface area contributed by atoms with Gasteiger partial charge in [0, 0.05) is 0 Å². The Bertz CT molecular complexity index is 1060. The fraction of sp³-hybridized carbons (Fsp3) is 0. The maximum Gasteiger partial charge on any atom is 0.262 e. The van der Waals surface area contributed by atoms with Crippen LogP contribution in [-0.4, -0.2) is 8.42 Å². The molecule has 124 valence electrons. The molecule has 0 atom stereocenters. The lowest BCUT2D eigenvalue weighted by Gasteiger charge is -2.11. The average Bonchev–Trinajstić information content (AvgIpc) is 2.64. The molecule has 25 heavy (non-hydrogen) atoms. The van der Waals surface area contributed by atoms with Crippen molar-refractivity contribution in [1.29, 1.82) is 5.26 Å². The summed E-state index contributed by atoms with van der Waals surface area (Å²) in [5.74, 6) is -0.681. The predicted molar refractivity (Wildman–Crippen MR) is 93.8 cm³/mol. The Hall–Kier alpha value is -3.17. The second-order valence-electron chi connectivity index (χ2n) is 5.31. The highest BCUT2D eigenvalue weighted by atomic mass is 32.2. The van der Waals surface area contributed by atoms with Gasteiger partial charge in [0.2, 0.25) is 0 Å². The van der Waals surface area contributed by atoms with Gasteiger partial charge in [0.15, 0.2) is 0 Å². The standard InChI is InChI=1S/C19H13FN2O2S/c20-18-10-9-16(15-6-2-1-3-7-15)12-19(18)22-25(23,24)17-8-4-5-14(11-17)13-21/h1-12,22H. The molecule has 0 aliphatic carbocycles. The Balaban J connectivity index is 1.98. The first-order valence-electron chi connectivity index (χ1n) is 7.37. The van der Waals surface area contributed by atoms with Crippen molar-refractivity contribution in [2.24, 2.45) is 0 Å². The summed E-state index contributed by atoms with van der Waals surface area (Å²) in [4.78, 5) is -0.101. The van der Waals surface area contributed by atoms with Crippen molar-refractivity contribution in [2.75, 3.05) is 4.72 Å². The van der Waals surface area contributed by atoms with Crippen LogP contribution in [-0.2, 0) is 10.0 Å². The van der Waals surface area contributed by atoms with E-state index in [4.69, 9.17) is 5.26 Å². The molecule has 1 N–H and O–H groups in total. The Morgan fingerprint density at radius 3 is 2.36 bits per heavy atom. The van der Waals surface area contributed by atoms with Gasteiger partial charge in [0.1, 0.15) is 5.82 Å². The van der Waals surface area contributed by atoms with Gasteiger partial charge < -0.3 is 0 Å². The molecule has 3 aromatic rings. The molecule has 0 unspecified atom stereocenters. The molecule has 0 aliphatic rings. The minimum absolute atomic E-state index is 0.101. The van der Waals surface area contributed by atoms with Gasteiger partial charge in [0.25, 0.3) is 10.0 Å².